The van der Waals surface area contributed by atoms with E-state index in [1.54, 1.807) is 18.3 Å². The Morgan fingerprint density at radius 1 is 1.17 bits per heavy atom. The number of anilines is 2. The highest BCUT2D eigenvalue weighted by atomic mass is 19.2. The van der Waals surface area contributed by atoms with Crippen LogP contribution < -0.4 is 15.4 Å². The molecule has 2 aromatic rings. The number of nitrogens with zero attached hydrogens (tertiary/aromatic N) is 1. The number of nitrogens with one attached hydrogen (secondary N) is 2. The summed E-state index contributed by atoms with van der Waals surface area (Å²) < 4.78 is 31.8. The molecule has 1 aromatic carbocycles. The van der Waals surface area contributed by atoms with Gasteiger partial charge in [0.25, 0.3) is 5.91 Å². The van der Waals surface area contributed by atoms with Crippen molar-refractivity contribution < 1.29 is 23.1 Å². The van der Waals surface area contributed by atoms with E-state index in [9.17, 15) is 18.4 Å². The molecule has 0 aliphatic heterocycles. The summed E-state index contributed by atoms with van der Waals surface area (Å²) in [6.07, 6.45) is 2.97. The standard InChI is InChI=1S/C15H13F2N3O3/c1-9(21)19-13-5-11(16)12(17)6-14(13)20-15(22)8-23-10-3-2-4-18-7-10/h2-7H,8H2,1H3,(H,19,21)(H,20,22). The summed E-state index contributed by atoms with van der Waals surface area (Å²) in [7, 11) is 0. The van der Waals surface area contributed by atoms with E-state index in [-0.39, 0.29) is 18.0 Å². The first-order valence-electron chi connectivity index (χ1n) is 6.55. The molecule has 0 saturated carbocycles. The van der Waals surface area contributed by atoms with Crippen molar-refractivity contribution in [2.45, 2.75) is 6.92 Å². The first-order chi connectivity index (χ1) is 11.0. The Labute approximate surface area is 130 Å². The van der Waals surface area contributed by atoms with E-state index in [0.717, 1.165) is 12.1 Å². The third kappa shape index (κ3) is 4.73. The first-order valence-corrected chi connectivity index (χ1v) is 6.55. The fraction of sp³-hybridized carbons (Fsp3) is 0.133. The quantitative estimate of drug-likeness (QED) is 0.886. The van der Waals surface area contributed by atoms with Crippen molar-refractivity contribution in [1.29, 1.82) is 0 Å². The average molecular weight is 321 g/mol. The molecule has 2 N–H and O–H groups in total. The zero-order chi connectivity index (χ0) is 16.8. The lowest BCUT2D eigenvalue weighted by molar-refractivity contribution is -0.118. The monoisotopic (exact) mass is 321 g/mol. The third-order valence-corrected chi connectivity index (χ3v) is 2.65. The number of amides is 2. The molecule has 1 aromatic heterocycles. The molecule has 0 saturated heterocycles. The Bertz CT molecular complexity index is 723. The van der Waals surface area contributed by atoms with Gasteiger partial charge in [-0.1, -0.05) is 0 Å². The number of hydrogen-bond acceptors (Lipinski definition) is 4. The Kier molecular flexibility index (Phi) is 5.19. The van der Waals surface area contributed by atoms with Crippen molar-refractivity contribution in [3.05, 3.63) is 48.3 Å². The van der Waals surface area contributed by atoms with E-state index >= 15 is 0 Å². The van der Waals surface area contributed by atoms with Gasteiger partial charge in [-0.05, 0) is 12.1 Å². The van der Waals surface area contributed by atoms with Crippen LogP contribution in [0.5, 0.6) is 5.75 Å². The lowest BCUT2D eigenvalue weighted by Crippen LogP contribution is -2.21. The summed E-state index contributed by atoms with van der Waals surface area (Å²) in [5, 5.41) is 4.66. The number of aromatic nitrogens is 1. The number of pyridine rings is 1. The van der Waals surface area contributed by atoms with Crippen LogP contribution in [0.4, 0.5) is 20.2 Å². The van der Waals surface area contributed by atoms with Crippen LogP contribution >= 0.6 is 0 Å². The van der Waals surface area contributed by atoms with Gasteiger partial charge < -0.3 is 15.4 Å². The highest BCUT2D eigenvalue weighted by Crippen LogP contribution is 2.25. The minimum atomic E-state index is -1.15. The van der Waals surface area contributed by atoms with Crippen LogP contribution in [0.1, 0.15) is 6.92 Å². The summed E-state index contributed by atoms with van der Waals surface area (Å²) in [6, 6.07) is 4.81. The van der Waals surface area contributed by atoms with Crippen LogP contribution in [0.15, 0.2) is 36.7 Å². The van der Waals surface area contributed by atoms with Crippen LogP contribution in [-0.4, -0.2) is 23.4 Å². The second-order valence-electron chi connectivity index (χ2n) is 4.52. The number of benzene rings is 1. The largest absolute Gasteiger partial charge is 0.482 e. The minimum Gasteiger partial charge on any atom is -0.482 e. The predicted molar refractivity (Wildman–Crippen MR) is 79.0 cm³/mol. The fourth-order valence-corrected chi connectivity index (χ4v) is 1.71. The summed E-state index contributed by atoms with van der Waals surface area (Å²) in [4.78, 5) is 26.7. The van der Waals surface area contributed by atoms with Crippen molar-refractivity contribution in [2.24, 2.45) is 0 Å². The highest BCUT2D eigenvalue weighted by molar-refractivity contribution is 5.99. The van der Waals surface area contributed by atoms with Crippen LogP contribution in [0.3, 0.4) is 0 Å². The van der Waals surface area contributed by atoms with Gasteiger partial charge in [0.1, 0.15) is 5.75 Å². The van der Waals surface area contributed by atoms with E-state index in [2.05, 4.69) is 15.6 Å². The van der Waals surface area contributed by atoms with Crippen LogP contribution in [-0.2, 0) is 9.59 Å². The molecule has 2 rings (SSSR count). The molecule has 0 radical (unpaired) electrons. The molecule has 0 fully saturated rings. The van der Waals surface area contributed by atoms with Gasteiger partial charge in [0.15, 0.2) is 18.2 Å². The number of carbonyl (C=O) groups is 2. The molecule has 23 heavy (non-hydrogen) atoms. The number of halogens is 2. The molecule has 2 amide bonds. The molecule has 0 bridgehead atoms. The second kappa shape index (κ2) is 7.30. The maximum Gasteiger partial charge on any atom is 0.262 e. The zero-order valence-corrected chi connectivity index (χ0v) is 12.1. The van der Waals surface area contributed by atoms with Gasteiger partial charge in [0.2, 0.25) is 5.91 Å². The SMILES string of the molecule is CC(=O)Nc1cc(F)c(F)cc1NC(=O)COc1cccnc1. The van der Waals surface area contributed by atoms with E-state index in [1.807, 2.05) is 0 Å². The molecule has 6 nitrogen and oxygen atoms in total. The average Bonchev–Trinajstić information content (AvgIpc) is 2.51. The van der Waals surface area contributed by atoms with Gasteiger partial charge in [-0.2, -0.15) is 0 Å². The second-order valence-corrected chi connectivity index (χ2v) is 4.52. The van der Waals surface area contributed by atoms with Crippen molar-refractivity contribution in [1.82, 2.24) is 4.98 Å². The molecule has 8 heteroatoms. The molecular formula is C15H13F2N3O3. The van der Waals surface area contributed by atoms with Crippen molar-refractivity contribution in [3.8, 4) is 5.75 Å². The number of rotatable bonds is 5. The predicted octanol–water partition coefficient (Wildman–Crippen LogP) is 2.34. The van der Waals surface area contributed by atoms with Gasteiger partial charge in [-0.25, -0.2) is 8.78 Å². The van der Waals surface area contributed by atoms with Gasteiger partial charge in [-0.15, -0.1) is 0 Å². The van der Waals surface area contributed by atoms with E-state index in [1.165, 1.54) is 13.1 Å². The molecular weight excluding hydrogens is 308 g/mol. The van der Waals surface area contributed by atoms with Gasteiger partial charge in [0, 0.05) is 25.3 Å². The Hall–Kier alpha value is -3.03. The van der Waals surface area contributed by atoms with Crippen molar-refractivity contribution >= 4 is 23.2 Å². The molecule has 120 valence electrons. The maximum absolute atomic E-state index is 13.3. The van der Waals surface area contributed by atoms with Gasteiger partial charge in [-0.3, -0.25) is 14.6 Å². The van der Waals surface area contributed by atoms with Gasteiger partial charge >= 0.3 is 0 Å². The lowest BCUT2D eigenvalue weighted by Gasteiger charge is -2.12. The van der Waals surface area contributed by atoms with E-state index < -0.39 is 23.4 Å². The van der Waals surface area contributed by atoms with Crippen LogP contribution in [0, 0.1) is 11.6 Å². The molecule has 0 aliphatic rings. The van der Waals surface area contributed by atoms with Crippen LogP contribution in [0.2, 0.25) is 0 Å². The molecule has 0 unspecified atom stereocenters. The molecule has 1 heterocycles. The third-order valence-electron chi connectivity index (χ3n) is 2.65. The highest BCUT2D eigenvalue weighted by Gasteiger charge is 2.13. The molecule has 0 atom stereocenters. The summed E-state index contributed by atoms with van der Waals surface area (Å²) in [6.45, 7) is 0.850. The number of hydrogen-bond donors (Lipinski definition) is 2. The Morgan fingerprint density at radius 3 is 2.39 bits per heavy atom. The maximum atomic E-state index is 13.3. The van der Waals surface area contributed by atoms with Crippen LogP contribution in [0.25, 0.3) is 0 Å². The lowest BCUT2D eigenvalue weighted by atomic mass is 10.2. The van der Waals surface area contributed by atoms with E-state index in [0.29, 0.717) is 5.75 Å². The van der Waals surface area contributed by atoms with E-state index in [4.69, 9.17) is 4.74 Å². The summed E-state index contributed by atoms with van der Waals surface area (Å²) in [5.41, 5.74) is -0.120. The number of ether oxygens (including phenoxy) is 1. The molecule has 0 aliphatic carbocycles. The number of carbonyl (C=O) groups excluding carboxylic acids is 2. The minimum absolute atomic E-state index is 0.0499. The smallest absolute Gasteiger partial charge is 0.262 e. The van der Waals surface area contributed by atoms with Crippen molar-refractivity contribution in [2.75, 3.05) is 17.2 Å². The Morgan fingerprint density at radius 2 is 1.83 bits per heavy atom. The summed E-state index contributed by atoms with van der Waals surface area (Å²) >= 11 is 0. The first kappa shape index (κ1) is 16.3. The normalized spacial score (nSPS) is 10.0. The Balaban J connectivity index is 2.07. The molecule has 0 spiro atoms. The van der Waals surface area contributed by atoms with Crippen molar-refractivity contribution in [3.63, 3.8) is 0 Å². The van der Waals surface area contributed by atoms with Gasteiger partial charge in [0.05, 0.1) is 17.6 Å². The summed E-state index contributed by atoms with van der Waals surface area (Å²) in [5.74, 6) is -3.00. The zero-order valence-electron chi connectivity index (χ0n) is 12.1. The fourth-order valence-electron chi connectivity index (χ4n) is 1.71. The topological polar surface area (TPSA) is 80.3 Å².